The Morgan fingerprint density at radius 3 is 2.42 bits per heavy atom. The maximum atomic E-state index is 12.1. The molecule has 3 N–H and O–H groups in total. The summed E-state index contributed by atoms with van der Waals surface area (Å²) in [5.74, 6) is 2.53. The van der Waals surface area contributed by atoms with Crippen molar-refractivity contribution in [1.82, 2.24) is 9.97 Å². The summed E-state index contributed by atoms with van der Waals surface area (Å²) in [6, 6.07) is 0. The van der Waals surface area contributed by atoms with Gasteiger partial charge in [0.25, 0.3) is 5.56 Å². The number of H-pyrrole nitrogens is 1. The van der Waals surface area contributed by atoms with E-state index in [0.29, 0.717) is 17.3 Å². The smallest absolute Gasteiger partial charge is 0.256 e. The molecule has 1 saturated carbocycles. The quantitative estimate of drug-likeness (QED) is 0.880. The highest BCUT2D eigenvalue weighted by atomic mass is 16.1. The van der Waals surface area contributed by atoms with Crippen molar-refractivity contribution < 1.29 is 0 Å². The summed E-state index contributed by atoms with van der Waals surface area (Å²) in [5, 5.41) is 0. The van der Waals surface area contributed by atoms with E-state index in [1.807, 2.05) is 13.8 Å². The lowest BCUT2D eigenvalue weighted by molar-refractivity contribution is 0.312. The third-order valence-electron chi connectivity index (χ3n) is 4.39. The number of anilines is 1. The zero-order valence-electron chi connectivity index (χ0n) is 12.2. The summed E-state index contributed by atoms with van der Waals surface area (Å²) in [6.07, 6.45) is 5.95. The van der Waals surface area contributed by atoms with Gasteiger partial charge in [-0.05, 0) is 37.5 Å². The molecule has 0 bridgehead atoms. The van der Waals surface area contributed by atoms with Crippen LogP contribution in [0.3, 0.4) is 0 Å². The summed E-state index contributed by atoms with van der Waals surface area (Å²) < 4.78 is 0. The van der Waals surface area contributed by atoms with Crippen LogP contribution in [0.5, 0.6) is 0 Å². The highest BCUT2D eigenvalue weighted by Crippen LogP contribution is 2.35. The number of hydrogen-bond donors (Lipinski definition) is 2. The third-order valence-corrected chi connectivity index (χ3v) is 4.39. The van der Waals surface area contributed by atoms with Crippen LogP contribution in [0.2, 0.25) is 0 Å². The molecule has 0 aromatic carbocycles. The van der Waals surface area contributed by atoms with Gasteiger partial charge in [-0.25, -0.2) is 4.98 Å². The highest BCUT2D eigenvalue weighted by molar-refractivity contribution is 5.40. The van der Waals surface area contributed by atoms with Crippen LogP contribution < -0.4 is 11.3 Å². The van der Waals surface area contributed by atoms with Crippen LogP contribution in [0.1, 0.15) is 76.1 Å². The van der Waals surface area contributed by atoms with Gasteiger partial charge in [-0.1, -0.05) is 27.2 Å². The average molecular weight is 263 g/mol. The third kappa shape index (κ3) is 2.99. The van der Waals surface area contributed by atoms with Crippen molar-refractivity contribution in [2.45, 2.75) is 64.7 Å². The number of nitrogens with two attached hydrogens (primary N) is 1. The van der Waals surface area contributed by atoms with Gasteiger partial charge in [-0.2, -0.15) is 0 Å². The second-order valence-electron chi connectivity index (χ2n) is 6.03. The Morgan fingerprint density at radius 1 is 1.32 bits per heavy atom. The number of nitrogen functional groups attached to an aromatic ring is 1. The Labute approximate surface area is 114 Å². The molecule has 1 heterocycles. The van der Waals surface area contributed by atoms with Gasteiger partial charge < -0.3 is 10.7 Å². The summed E-state index contributed by atoms with van der Waals surface area (Å²) in [7, 11) is 0. The lowest BCUT2D eigenvalue weighted by atomic mass is 9.80. The minimum Gasteiger partial charge on any atom is -0.383 e. The zero-order chi connectivity index (χ0) is 14.0. The van der Waals surface area contributed by atoms with Gasteiger partial charge in [0.05, 0.1) is 5.56 Å². The Balaban J connectivity index is 2.21. The molecular weight excluding hydrogens is 238 g/mol. The number of hydrogen-bond acceptors (Lipinski definition) is 3. The zero-order valence-corrected chi connectivity index (χ0v) is 12.2. The fourth-order valence-corrected chi connectivity index (χ4v) is 3.11. The SMILES string of the molecule is CCC1CCC(c2nc(N)c(C(C)C)c(=O)[nH]2)CC1. The van der Waals surface area contributed by atoms with Crippen LogP contribution in [-0.2, 0) is 0 Å². The Hall–Kier alpha value is -1.32. The van der Waals surface area contributed by atoms with Gasteiger partial charge in [0.2, 0.25) is 0 Å². The minimum atomic E-state index is -0.0601. The number of nitrogens with zero attached hydrogens (tertiary/aromatic N) is 1. The van der Waals surface area contributed by atoms with Crippen LogP contribution in [0, 0.1) is 5.92 Å². The van der Waals surface area contributed by atoms with Crippen LogP contribution in [0.15, 0.2) is 4.79 Å². The van der Waals surface area contributed by atoms with Crippen LogP contribution in [0.25, 0.3) is 0 Å². The highest BCUT2D eigenvalue weighted by Gasteiger charge is 2.24. The lowest BCUT2D eigenvalue weighted by Gasteiger charge is -2.27. The molecule has 4 heteroatoms. The van der Waals surface area contributed by atoms with E-state index in [9.17, 15) is 4.79 Å². The Morgan fingerprint density at radius 2 is 1.95 bits per heavy atom. The topological polar surface area (TPSA) is 71.8 Å². The molecule has 1 aliphatic rings. The van der Waals surface area contributed by atoms with Gasteiger partial charge in [-0.15, -0.1) is 0 Å². The monoisotopic (exact) mass is 263 g/mol. The van der Waals surface area contributed by atoms with E-state index in [0.717, 1.165) is 24.6 Å². The average Bonchev–Trinajstić information content (AvgIpc) is 2.37. The largest absolute Gasteiger partial charge is 0.383 e. The van der Waals surface area contributed by atoms with Crippen molar-refractivity contribution in [3.05, 3.63) is 21.7 Å². The second-order valence-corrected chi connectivity index (χ2v) is 6.03. The van der Waals surface area contributed by atoms with E-state index in [4.69, 9.17) is 5.73 Å². The molecular formula is C15H25N3O. The van der Waals surface area contributed by atoms with E-state index in [1.165, 1.54) is 19.3 Å². The lowest BCUT2D eigenvalue weighted by Crippen LogP contribution is -2.24. The maximum absolute atomic E-state index is 12.1. The van der Waals surface area contributed by atoms with Crippen LogP contribution in [0.4, 0.5) is 5.82 Å². The molecule has 19 heavy (non-hydrogen) atoms. The molecule has 1 aromatic heterocycles. The first-order valence-corrected chi connectivity index (χ1v) is 7.42. The molecule has 0 amide bonds. The molecule has 1 aromatic rings. The molecule has 1 aliphatic carbocycles. The number of nitrogens with one attached hydrogen (secondary N) is 1. The molecule has 106 valence electrons. The minimum absolute atomic E-state index is 0.0601. The fourth-order valence-electron chi connectivity index (χ4n) is 3.11. The number of aromatic nitrogens is 2. The van der Waals surface area contributed by atoms with Crippen molar-refractivity contribution in [3.63, 3.8) is 0 Å². The van der Waals surface area contributed by atoms with Crippen molar-refractivity contribution in [2.75, 3.05) is 5.73 Å². The van der Waals surface area contributed by atoms with Gasteiger partial charge in [0.1, 0.15) is 11.6 Å². The molecule has 0 saturated heterocycles. The van der Waals surface area contributed by atoms with Gasteiger partial charge in [0, 0.05) is 5.92 Å². The van der Waals surface area contributed by atoms with Crippen LogP contribution >= 0.6 is 0 Å². The van der Waals surface area contributed by atoms with E-state index in [1.54, 1.807) is 0 Å². The van der Waals surface area contributed by atoms with E-state index >= 15 is 0 Å². The molecule has 0 spiro atoms. The summed E-state index contributed by atoms with van der Waals surface area (Å²) in [4.78, 5) is 19.5. The number of rotatable bonds is 3. The predicted molar refractivity (Wildman–Crippen MR) is 78.3 cm³/mol. The fraction of sp³-hybridized carbons (Fsp3) is 0.733. The molecule has 4 nitrogen and oxygen atoms in total. The van der Waals surface area contributed by atoms with Crippen molar-refractivity contribution in [2.24, 2.45) is 5.92 Å². The predicted octanol–water partition coefficient (Wildman–Crippen LogP) is 3.16. The second kappa shape index (κ2) is 5.76. The van der Waals surface area contributed by atoms with E-state index < -0.39 is 0 Å². The standard InChI is InChI=1S/C15H25N3O/c1-4-10-5-7-11(8-6-10)14-17-13(16)12(9(2)3)15(19)18-14/h9-11H,4-8H2,1-3H3,(H3,16,17,18,19). The maximum Gasteiger partial charge on any atom is 0.256 e. The normalized spacial score (nSPS) is 23.8. The van der Waals surface area contributed by atoms with Crippen molar-refractivity contribution >= 4 is 5.82 Å². The van der Waals surface area contributed by atoms with E-state index in [-0.39, 0.29) is 11.5 Å². The van der Waals surface area contributed by atoms with Gasteiger partial charge >= 0.3 is 0 Å². The van der Waals surface area contributed by atoms with Gasteiger partial charge in [0.15, 0.2) is 0 Å². The number of aromatic amines is 1. The van der Waals surface area contributed by atoms with Crippen molar-refractivity contribution in [3.8, 4) is 0 Å². The Bertz CT molecular complexity index is 485. The first-order valence-electron chi connectivity index (χ1n) is 7.42. The molecule has 0 unspecified atom stereocenters. The molecule has 0 radical (unpaired) electrons. The molecule has 0 atom stereocenters. The summed E-state index contributed by atoms with van der Waals surface area (Å²) >= 11 is 0. The molecule has 0 aliphatic heterocycles. The van der Waals surface area contributed by atoms with Gasteiger partial charge in [-0.3, -0.25) is 4.79 Å². The Kier molecular flexibility index (Phi) is 4.27. The van der Waals surface area contributed by atoms with Crippen molar-refractivity contribution in [1.29, 1.82) is 0 Å². The van der Waals surface area contributed by atoms with Crippen LogP contribution in [-0.4, -0.2) is 9.97 Å². The summed E-state index contributed by atoms with van der Waals surface area (Å²) in [6.45, 7) is 6.18. The molecule has 1 fully saturated rings. The first-order chi connectivity index (χ1) is 9.02. The molecule has 2 rings (SSSR count). The van der Waals surface area contributed by atoms with E-state index in [2.05, 4.69) is 16.9 Å². The summed E-state index contributed by atoms with van der Waals surface area (Å²) in [5.41, 5.74) is 6.51. The first kappa shape index (κ1) is 14.1.